The van der Waals surface area contributed by atoms with Gasteiger partial charge in [0.25, 0.3) is 0 Å². The molecule has 2 aromatic rings. The molecule has 2 aromatic carbocycles. The van der Waals surface area contributed by atoms with Gasteiger partial charge in [-0.1, -0.05) is 57.4 Å². The molecule has 1 N–H and O–H groups in total. The van der Waals surface area contributed by atoms with Gasteiger partial charge in [-0.2, -0.15) is 0 Å². The summed E-state index contributed by atoms with van der Waals surface area (Å²) in [7, 11) is 0. The Labute approximate surface area is 160 Å². The van der Waals surface area contributed by atoms with Crippen LogP contribution in [0.1, 0.15) is 17.5 Å². The van der Waals surface area contributed by atoms with Gasteiger partial charge >= 0.3 is 0 Å². The van der Waals surface area contributed by atoms with Crippen LogP contribution in [0.25, 0.3) is 0 Å². The summed E-state index contributed by atoms with van der Waals surface area (Å²) in [6, 6.07) is 13.3. The fraction of sp³-hybridized carbons (Fsp3) is 0.263. The van der Waals surface area contributed by atoms with Crippen molar-refractivity contribution in [2.24, 2.45) is 5.92 Å². The van der Waals surface area contributed by atoms with Crippen molar-refractivity contribution in [3.05, 3.63) is 63.1 Å². The molecule has 1 saturated heterocycles. The first-order valence-electron chi connectivity index (χ1n) is 8.01. The molecule has 0 radical (unpaired) electrons. The second-order valence-corrected chi connectivity index (χ2v) is 7.60. The lowest BCUT2D eigenvalue weighted by Crippen LogP contribution is -2.28. The highest BCUT2D eigenvalue weighted by atomic mass is 79.9. The van der Waals surface area contributed by atoms with E-state index in [9.17, 15) is 9.59 Å². The van der Waals surface area contributed by atoms with Crippen molar-refractivity contribution in [2.75, 3.05) is 11.9 Å². The molecule has 1 heterocycles. The summed E-state index contributed by atoms with van der Waals surface area (Å²) in [5.74, 6) is -0.538. The molecule has 0 aromatic heterocycles. The number of rotatable bonds is 4. The van der Waals surface area contributed by atoms with Crippen molar-refractivity contribution in [3.8, 4) is 0 Å². The molecule has 1 aliphatic rings. The van der Waals surface area contributed by atoms with Crippen molar-refractivity contribution in [1.82, 2.24) is 4.90 Å². The largest absolute Gasteiger partial charge is 0.338 e. The molecule has 1 fully saturated rings. The summed E-state index contributed by atoms with van der Waals surface area (Å²) in [5.41, 5.74) is 2.80. The summed E-state index contributed by atoms with van der Waals surface area (Å²) in [6.07, 6.45) is 0.228. The molecular weight excluding hydrogens is 404 g/mol. The summed E-state index contributed by atoms with van der Waals surface area (Å²) < 4.78 is 0.843. The van der Waals surface area contributed by atoms with Gasteiger partial charge in [-0.15, -0.1) is 0 Å². The lowest BCUT2D eigenvalue weighted by molar-refractivity contribution is -0.128. The highest BCUT2D eigenvalue weighted by Crippen LogP contribution is 2.27. The number of hydrogen-bond donors (Lipinski definition) is 1. The van der Waals surface area contributed by atoms with Gasteiger partial charge in [0.05, 0.1) is 16.6 Å². The maximum atomic E-state index is 12.5. The zero-order valence-corrected chi connectivity index (χ0v) is 16.1. The van der Waals surface area contributed by atoms with E-state index in [0.717, 1.165) is 10.0 Å². The molecule has 1 unspecified atom stereocenters. The molecular formula is C19H18BrClN2O2. The molecule has 1 aliphatic heterocycles. The van der Waals surface area contributed by atoms with Crippen molar-refractivity contribution >= 4 is 45.0 Å². The number of nitrogens with one attached hydrogen (secondary N) is 1. The molecule has 4 nitrogen and oxygen atoms in total. The van der Waals surface area contributed by atoms with Crippen molar-refractivity contribution in [2.45, 2.75) is 19.9 Å². The lowest BCUT2D eigenvalue weighted by Gasteiger charge is -2.17. The standard InChI is InChI=1S/C19H18BrClN2O2/c1-12-2-4-13(5-3-12)10-23-11-14(8-18(23)24)19(25)22-17-7-6-15(20)9-16(17)21/h2-7,9,14H,8,10-11H2,1H3,(H,22,25). The van der Waals surface area contributed by atoms with E-state index in [2.05, 4.69) is 21.2 Å². The van der Waals surface area contributed by atoms with Crippen molar-refractivity contribution < 1.29 is 9.59 Å². The van der Waals surface area contributed by atoms with Gasteiger partial charge in [0.2, 0.25) is 11.8 Å². The quantitative estimate of drug-likeness (QED) is 0.795. The SMILES string of the molecule is Cc1ccc(CN2CC(C(=O)Nc3ccc(Br)cc3Cl)CC2=O)cc1. The van der Waals surface area contributed by atoms with Gasteiger partial charge in [0.1, 0.15) is 0 Å². The number of likely N-dealkylation sites (tertiary alicyclic amines) is 1. The van der Waals surface area contributed by atoms with Crippen LogP contribution in [0.5, 0.6) is 0 Å². The summed E-state index contributed by atoms with van der Waals surface area (Å²) in [4.78, 5) is 26.5. The molecule has 0 bridgehead atoms. The number of aryl methyl sites for hydroxylation is 1. The van der Waals surface area contributed by atoms with Crippen molar-refractivity contribution in [1.29, 1.82) is 0 Å². The second-order valence-electron chi connectivity index (χ2n) is 6.27. The molecule has 3 rings (SSSR count). The van der Waals surface area contributed by atoms with Crippen LogP contribution in [0.4, 0.5) is 5.69 Å². The van der Waals surface area contributed by atoms with Gasteiger partial charge in [-0.25, -0.2) is 0 Å². The Morgan fingerprint density at radius 1 is 1.28 bits per heavy atom. The number of halogens is 2. The van der Waals surface area contributed by atoms with E-state index in [1.807, 2.05) is 37.3 Å². The van der Waals surface area contributed by atoms with Crippen LogP contribution in [-0.4, -0.2) is 23.3 Å². The van der Waals surface area contributed by atoms with Crippen LogP contribution in [-0.2, 0) is 16.1 Å². The van der Waals surface area contributed by atoms with E-state index >= 15 is 0 Å². The van der Waals surface area contributed by atoms with E-state index < -0.39 is 0 Å². The van der Waals surface area contributed by atoms with Crippen LogP contribution >= 0.6 is 27.5 Å². The van der Waals surface area contributed by atoms with Crippen LogP contribution < -0.4 is 5.32 Å². The summed E-state index contributed by atoms with van der Waals surface area (Å²) in [6.45, 7) is 2.98. The average molecular weight is 422 g/mol. The maximum absolute atomic E-state index is 12.5. The van der Waals surface area contributed by atoms with Crippen LogP contribution in [0.2, 0.25) is 5.02 Å². The lowest BCUT2D eigenvalue weighted by atomic mass is 10.1. The van der Waals surface area contributed by atoms with E-state index in [1.54, 1.807) is 17.0 Å². The fourth-order valence-corrected chi connectivity index (χ4v) is 3.56. The topological polar surface area (TPSA) is 49.4 Å². The predicted molar refractivity (Wildman–Crippen MR) is 102 cm³/mol. The fourth-order valence-electron chi connectivity index (χ4n) is 2.84. The van der Waals surface area contributed by atoms with E-state index in [4.69, 9.17) is 11.6 Å². The summed E-state index contributed by atoms with van der Waals surface area (Å²) in [5, 5.41) is 3.28. The minimum atomic E-state index is -0.363. The summed E-state index contributed by atoms with van der Waals surface area (Å²) >= 11 is 9.47. The number of nitrogens with zero attached hydrogens (tertiary/aromatic N) is 1. The molecule has 0 aliphatic carbocycles. The normalized spacial score (nSPS) is 17.0. The van der Waals surface area contributed by atoms with Gasteiger partial charge in [0, 0.05) is 24.0 Å². The highest BCUT2D eigenvalue weighted by molar-refractivity contribution is 9.10. The third kappa shape index (κ3) is 4.41. The van der Waals surface area contributed by atoms with Crippen LogP contribution in [0.3, 0.4) is 0 Å². The highest BCUT2D eigenvalue weighted by Gasteiger charge is 2.34. The minimum absolute atomic E-state index is 0.00243. The first-order valence-corrected chi connectivity index (χ1v) is 9.18. The number of amides is 2. The number of carbonyl (C=O) groups is 2. The first-order chi connectivity index (χ1) is 11.9. The third-order valence-electron chi connectivity index (χ3n) is 4.27. The molecule has 0 saturated carbocycles. The van der Waals surface area contributed by atoms with Gasteiger partial charge in [-0.05, 0) is 30.7 Å². The smallest absolute Gasteiger partial charge is 0.229 e. The molecule has 2 amide bonds. The van der Waals surface area contributed by atoms with Gasteiger partial charge in [-0.3, -0.25) is 9.59 Å². The molecule has 1 atom stereocenters. The number of hydrogen-bond acceptors (Lipinski definition) is 2. The maximum Gasteiger partial charge on any atom is 0.229 e. The minimum Gasteiger partial charge on any atom is -0.338 e. The Hall–Kier alpha value is -1.85. The first kappa shape index (κ1) is 18.0. The number of anilines is 1. The number of carbonyl (C=O) groups excluding carboxylic acids is 2. The molecule has 0 spiro atoms. The monoisotopic (exact) mass is 420 g/mol. The Balaban J connectivity index is 1.63. The number of benzene rings is 2. The third-order valence-corrected chi connectivity index (χ3v) is 5.07. The van der Waals surface area contributed by atoms with Crippen molar-refractivity contribution in [3.63, 3.8) is 0 Å². The Morgan fingerprint density at radius 2 is 2.00 bits per heavy atom. The molecule has 6 heteroatoms. The van der Waals surface area contributed by atoms with Gasteiger partial charge in [0.15, 0.2) is 0 Å². The van der Waals surface area contributed by atoms with Crippen LogP contribution in [0.15, 0.2) is 46.9 Å². The zero-order valence-electron chi connectivity index (χ0n) is 13.8. The zero-order chi connectivity index (χ0) is 18.0. The van der Waals surface area contributed by atoms with E-state index in [-0.39, 0.29) is 24.2 Å². The Morgan fingerprint density at radius 3 is 2.68 bits per heavy atom. The van der Waals surface area contributed by atoms with Crippen LogP contribution in [0, 0.1) is 12.8 Å². The molecule has 25 heavy (non-hydrogen) atoms. The van der Waals surface area contributed by atoms with E-state index in [0.29, 0.717) is 23.8 Å². The average Bonchev–Trinajstić information content (AvgIpc) is 2.93. The van der Waals surface area contributed by atoms with E-state index in [1.165, 1.54) is 5.56 Å². The Bertz CT molecular complexity index is 808. The second kappa shape index (κ2) is 7.58. The molecule has 130 valence electrons. The van der Waals surface area contributed by atoms with Gasteiger partial charge < -0.3 is 10.2 Å². The Kier molecular flexibility index (Phi) is 5.45. The predicted octanol–water partition coefficient (Wildman–Crippen LogP) is 4.40.